The molecule has 1 fully saturated rings. The average Bonchev–Trinajstić information content (AvgIpc) is 2.82. The quantitative estimate of drug-likeness (QED) is 0.793. The number of benzene rings is 1. The van der Waals surface area contributed by atoms with E-state index in [0.29, 0.717) is 5.75 Å². The number of phenols is 1. The van der Waals surface area contributed by atoms with E-state index >= 15 is 0 Å². The number of aromatic hydroxyl groups is 1. The fourth-order valence-corrected chi connectivity index (χ4v) is 1.94. The highest BCUT2D eigenvalue weighted by Gasteiger charge is 2.38. The van der Waals surface area contributed by atoms with E-state index in [0.717, 1.165) is 30.4 Å². The van der Waals surface area contributed by atoms with E-state index in [1.807, 2.05) is 13.0 Å². The Morgan fingerprint density at radius 2 is 2.13 bits per heavy atom. The molecule has 3 heteroatoms. The number of hydrogen-bond acceptors (Lipinski definition) is 3. The highest BCUT2D eigenvalue weighted by atomic mass is 16.5. The van der Waals surface area contributed by atoms with E-state index in [2.05, 4.69) is 0 Å². The van der Waals surface area contributed by atoms with Gasteiger partial charge in [-0.25, -0.2) is 0 Å². The maximum atomic E-state index is 9.72. The lowest BCUT2D eigenvalue weighted by Gasteiger charge is -2.12. The lowest BCUT2D eigenvalue weighted by molar-refractivity contribution is 0.370. The first-order valence-electron chi connectivity index (χ1n) is 5.19. The molecule has 1 aromatic rings. The average molecular weight is 207 g/mol. The van der Waals surface area contributed by atoms with Crippen LogP contribution in [0.4, 0.5) is 0 Å². The third-order valence-corrected chi connectivity index (χ3v) is 2.97. The van der Waals surface area contributed by atoms with E-state index in [9.17, 15) is 5.11 Å². The number of methoxy groups -OCH3 is 1. The summed E-state index contributed by atoms with van der Waals surface area (Å²) in [6, 6.07) is 3.78. The predicted octanol–water partition coefficient (Wildman–Crippen LogP) is 1.74. The van der Waals surface area contributed by atoms with Gasteiger partial charge in [-0.15, -0.1) is 0 Å². The third-order valence-electron chi connectivity index (χ3n) is 2.97. The molecule has 3 N–H and O–H groups in total. The number of hydrogen-bond donors (Lipinski definition) is 2. The molecule has 0 atom stereocenters. The van der Waals surface area contributed by atoms with Gasteiger partial charge in [0.25, 0.3) is 0 Å². The highest BCUT2D eigenvalue weighted by Crippen LogP contribution is 2.38. The molecule has 3 nitrogen and oxygen atoms in total. The summed E-state index contributed by atoms with van der Waals surface area (Å²) in [5, 5.41) is 9.72. The third kappa shape index (κ3) is 2.07. The molecule has 0 spiro atoms. The second-order valence-electron chi connectivity index (χ2n) is 4.50. The predicted molar refractivity (Wildman–Crippen MR) is 59.3 cm³/mol. The van der Waals surface area contributed by atoms with Gasteiger partial charge in [-0.2, -0.15) is 0 Å². The van der Waals surface area contributed by atoms with Crippen LogP contribution in [0.2, 0.25) is 0 Å². The van der Waals surface area contributed by atoms with E-state index in [1.54, 1.807) is 13.2 Å². The Morgan fingerprint density at radius 3 is 2.60 bits per heavy atom. The number of ether oxygens (including phenoxy) is 1. The molecule has 2 rings (SSSR count). The monoisotopic (exact) mass is 207 g/mol. The van der Waals surface area contributed by atoms with Crippen LogP contribution in [0, 0.1) is 6.92 Å². The number of rotatable bonds is 3. The zero-order chi connectivity index (χ0) is 11.1. The van der Waals surface area contributed by atoms with Gasteiger partial charge in [-0.3, -0.25) is 0 Å². The Morgan fingerprint density at radius 1 is 1.47 bits per heavy atom. The molecule has 1 aliphatic rings. The number of aryl methyl sites for hydroxylation is 1. The van der Waals surface area contributed by atoms with Gasteiger partial charge in [0, 0.05) is 5.54 Å². The van der Waals surface area contributed by atoms with Crippen molar-refractivity contribution < 1.29 is 9.84 Å². The van der Waals surface area contributed by atoms with E-state index in [-0.39, 0.29) is 11.3 Å². The number of nitrogens with two attached hydrogens (primary N) is 1. The largest absolute Gasteiger partial charge is 0.504 e. The topological polar surface area (TPSA) is 55.5 Å². The minimum atomic E-state index is -0.0204. The van der Waals surface area contributed by atoms with Gasteiger partial charge in [0.15, 0.2) is 11.5 Å². The molecule has 1 aromatic carbocycles. The summed E-state index contributed by atoms with van der Waals surface area (Å²) in [5.41, 5.74) is 8.06. The first-order chi connectivity index (χ1) is 7.04. The summed E-state index contributed by atoms with van der Waals surface area (Å²) in [5.74, 6) is 0.761. The summed E-state index contributed by atoms with van der Waals surface area (Å²) < 4.78 is 5.10. The van der Waals surface area contributed by atoms with Crippen molar-refractivity contribution in [3.63, 3.8) is 0 Å². The maximum absolute atomic E-state index is 9.72. The smallest absolute Gasteiger partial charge is 0.163 e. The van der Waals surface area contributed by atoms with Gasteiger partial charge in [0.2, 0.25) is 0 Å². The molecule has 15 heavy (non-hydrogen) atoms. The van der Waals surface area contributed by atoms with Crippen molar-refractivity contribution in [3.8, 4) is 11.5 Å². The molecule has 0 amide bonds. The summed E-state index contributed by atoms with van der Waals surface area (Å²) in [6.07, 6.45) is 3.00. The van der Waals surface area contributed by atoms with E-state index in [1.165, 1.54) is 0 Å². The van der Waals surface area contributed by atoms with Gasteiger partial charge in [-0.05, 0) is 43.4 Å². The number of phenolic OH excluding ortho intramolecular Hbond substituents is 1. The second kappa shape index (κ2) is 3.42. The minimum absolute atomic E-state index is 0.0204. The summed E-state index contributed by atoms with van der Waals surface area (Å²) in [6.45, 7) is 1.93. The van der Waals surface area contributed by atoms with Crippen molar-refractivity contribution in [2.24, 2.45) is 5.73 Å². The maximum Gasteiger partial charge on any atom is 0.163 e. The molecule has 0 radical (unpaired) electrons. The normalized spacial score (nSPS) is 17.5. The second-order valence-corrected chi connectivity index (χ2v) is 4.50. The Balaban J connectivity index is 2.26. The van der Waals surface area contributed by atoms with Gasteiger partial charge in [-0.1, -0.05) is 6.07 Å². The molecule has 0 saturated heterocycles. The van der Waals surface area contributed by atoms with Crippen LogP contribution >= 0.6 is 0 Å². The molecular weight excluding hydrogens is 190 g/mol. The van der Waals surface area contributed by atoms with Gasteiger partial charge < -0.3 is 15.6 Å². The molecule has 1 saturated carbocycles. The van der Waals surface area contributed by atoms with Crippen LogP contribution < -0.4 is 10.5 Å². The standard InChI is InChI=1S/C12H17NO2/c1-8-5-9(7-12(13)3-4-12)6-10(14)11(8)15-2/h5-6,14H,3-4,7,13H2,1-2H3. The van der Waals surface area contributed by atoms with Crippen molar-refractivity contribution in [1.82, 2.24) is 0 Å². The van der Waals surface area contributed by atoms with Crippen LogP contribution in [0.3, 0.4) is 0 Å². The zero-order valence-electron chi connectivity index (χ0n) is 9.21. The van der Waals surface area contributed by atoms with Crippen LogP contribution in [-0.4, -0.2) is 17.8 Å². The molecule has 0 aliphatic heterocycles. The lowest BCUT2D eigenvalue weighted by Crippen LogP contribution is -2.24. The van der Waals surface area contributed by atoms with Gasteiger partial charge in [0.05, 0.1) is 7.11 Å². The van der Waals surface area contributed by atoms with Crippen molar-refractivity contribution in [3.05, 3.63) is 23.3 Å². The van der Waals surface area contributed by atoms with Crippen molar-refractivity contribution in [2.75, 3.05) is 7.11 Å². The molecule has 82 valence electrons. The van der Waals surface area contributed by atoms with Crippen LogP contribution in [0.1, 0.15) is 24.0 Å². The molecule has 0 unspecified atom stereocenters. The van der Waals surface area contributed by atoms with Crippen LogP contribution in [0.25, 0.3) is 0 Å². The minimum Gasteiger partial charge on any atom is -0.504 e. The molecule has 0 bridgehead atoms. The van der Waals surface area contributed by atoms with Crippen LogP contribution in [-0.2, 0) is 6.42 Å². The lowest BCUT2D eigenvalue weighted by atomic mass is 10.0. The van der Waals surface area contributed by atoms with Crippen LogP contribution in [0.15, 0.2) is 12.1 Å². The summed E-state index contributed by atoms with van der Waals surface area (Å²) >= 11 is 0. The van der Waals surface area contributed by atoms with Gasteiger partial charge in [0.1, 0.15) is 0 Å². The van der Waals surface area contributed by atoms with Crippen molar-refractivity contribution in [2.45, 2.75) is 31.7 Å². The van der Waals surface area contributed by atoms with E-state index in [4.69, 9.17) is 10.5 Å². The Kier molecular flexibility index (Phi) is 2.35. The SMILES string of the molecule is COc1c(C)cc(CC2(N)CC2)cc1O. The molecular formula is C12H17NO2. The zero-order valence-corrected chi connectivity index (χ0v) is 9.21. The van der Waals surface area contributed by atoms with Crippen LogP contribution in [0.5, 0.6) is 11.5 Å². The molecule has 0 aromatic heterocycles. The summed E-state index contributed by atoms with van der Waals surface area (Å²) in [7, 11) is 1.56. The first kappa shape index (κ1) is 10.3. The molecule has 1 aliphatic carbocycles. The van der Waals surface area contributed by atoms with Crippen molar-refractivity contribution >= 4 is 0 Å². The fraction of sp³-hybridized carbons (Fsp3) is 0.500. The summed E-state index contributed by atoms with van der Waals surface area (Å²) in [4.78, 5) is 0. The highest BCUT2D eigenvalue weighted by molar-refractivity contribution is 5.48. The first-order valence-corrected chi connectivity index (χ1v) is 5.19. The fourth-order valence-electron chi connectivity index (χ4n) is 1.94. The Hall–Kier alpha value is -1.22. The molecule has 0 heterocycles. The Bertz CT molecular complexity index is 360. The van der Waals surface area contributed by atoms with Crippen molar-refractivity contribution in [1.29, 1.82) is 0 Å². The van der Waals surface area contributed by atoms with Gasteiger partial charge >= 0.3 is 0 Å². The van der Waals surface area contributed by atoms with E-state index < -0.39 is 0 Å². The Labute approximate surface area is 89.9 Å².